The lowest BCUT2D eigenvalue weighted by Crippen LogP contribution is -2.18. The number of hydrogen-bond acceptors (Lipinski definition) is 4. The molecule has 3 rings (SSSR count). The van der Waals surface area contributed by atoms with Crippen LogP contribution >= 0.6 is 11.6 Å². The summed E-state index contributed by atoms with van der Waals surface area (Å²) in [5.41, 5.74) is 2.76. The number of amides is 1. The van der Waals surface area contributed by atoms with E-state index in [-0.39, 0.29) is 18.9 Å². The Labute approximate surface area is 151 Å². The lowest BCUT2D eigenvalue weighted by Gasteiger charge is -2.20. The molecule has 1 aliphatic rings. The predicted octanol–water partition coefficient (Wildman–Crippen LogP) is 4.14. The summed E-state index contributed by atoms with van der Waals surface area (Å²) in [7, 11) is 0. The van der Waals surface area contributed by atoms with E-state index in [9.17, 15) is 4.79 Å². The fourth-order valence-corrected chi connectivity index (χ4v) is 2.85. The third kappa shape index (κ3) is 4.57. The first kappa shape index (κ1) is 17.4. The number of ether oxygens (including phenoxy) is 3. The third-order valence-electron chi connectivity index (χ3n) is 3.70. The van der Waals surface area contributed by atoms with Gasteiger partial charge in [0.2, 0.25) is 5.91 Å². The van der Waals surface area contributed by atoms with Crippen molar-refractivity contribution in [3.63, 3.8) is 0 Å². The van der Waals surface area contributed by atoms with Crippen LogP contribution in [0.5, 0.6) is 17.2 Å². The van der Waals surface area contributed by atoms with Gasteiger partial charge in [0, 0.05) is 12.1 Å². The maximum Gasteiger partial charge on any atom is 0.227 e. The molecule has 0 unspecified atom stereocenters. The highest BCUT2D eigenvalue weighted by Gasteiger charge is 2.16. The number of anilines is 1. The molecule has 0 saturated heterocycles. The highest BCUT2D eigenvalue weighted by molar-refractivity contribution is 6.34. The number of carbonyl (C=O) groups excluding carboxylic acids is 1. The van der Waals surface area contributed by atoms with Crippen LogP contribution in [0.4, 0.5) is 5.69 Å². The minimum Gasteiger partial charge on any atom is -0.493 e. The normalized spacial score (nSPS) is 12.6. The van der Waals surface area contributed by atoms with Gasteiger partial charge < -0.3 is 19.5 Å². The van der Waals surface area contributed by atoms with E-state index in [0.717, 1.165) is 16.9 Å². The zero-order valence-corrected chi connectivity index (χ0v) is 15.0. The van der Waals surface area contributed by atoms with Crippen LogP contribution in [0.25, 0.3) is 0 Å². The first-order valence-electron chi connectivity index (χ1n) is 8.11. The van der Waals surface area contributed by atoms with Crippen LogP contribution in [0, 0.1) is 13.8 Å². The summed E-state index contributed by atoms with van der Waals surface area (Å²) in [5, 5.41) is 3.19. The van der Waals surface area contributed by atoms with Crippen LogP contribution in [0.2, 0.25) is 5.02 Å². The Kier molecular flexibility index (Phi) is 5.34. The Balaban J connectivity index is 1.56. The third-order valence-corrected chi connectivity index (χ3v) is 4.01. The molecule has 1 N–H and O–H groups in total. The van der Waals surface area contributed by atoms with E-state index in [1.54, 1.807) is 12.1 Å². The quantitative estimate of drug-likeness (QED) is 0.869. The van der Waals surface area contributed by atoms with E-state index in [4.69, 9.17) is 25.8 Å². The summed E-state index contributed by atoms with van der Waals surface area (Å²) in [6.07, 6.45) is 0.220. The molecule has 0 saturated carbocycles. The van der Waals surface area contributed by atoms with Gasteiger partial charge in [0.25, 0.3) is 0 Å². The molecule has 1 heterocycles. The molecular formula is C19H20ClNO4. The van der Waals surface area contributed by atoms with Crippen molar-refractivity contribution in [3.8, 4) is 17.2 Å². The summed E-state index contributed by atoms with van der Waals surface area (Å²) in [4.78, 5) is 12.1. The molecule has 0 fully saturated rings. The van der Waals surface area contributed by atoms with Crippen molar-refractivity contribution >= 4 is 23.2 Å². The second-order valence-corrected chi connectivity index (χ2v) is 6.35. The van der Waals surface area contributed by atoms with Crippen LogP contribution in [-0.2, 0) is 4.79 Å². The number of fused-ring (bicyclic) bond motifs is 1. The average molecular weight is 362 g/mol. The van der Waals surface area contributed by atoms with Crippen LogP contribution in [-0.4, -0.2) is 25.7 Å². The van der Waals surface area contributed by atoms with Gasteiger partial charge in [-0.15, -0.1) is 0 Å². The predicted molar refractivity (Wildman–Crippen MR) is 97.1 cm³/mol. The van der Waals surface area contributed by atoms with E-state index < -0.39 is 0 Å². The second kappa shape index (κ2) is 7.66. The molecule has 2 aromatic rings. The molecule has 0 aliphatic carbocycles. The molecule has 0 radical (unpaired) electrons. The Morgan fingerprint density at radius 2 is 1.72 bits per heavy atom. The van der Waals surface area contributed by atoms with E-state index in [0.29, 0.717) is 35.4 Å². The molecule has 0 aromatic heterocycles. The molecule has 25 heavy (non-hydrogen) atoms. The van der Waals surface area contributed by atoms with Crippen LogP contribution in [0.3, 0.4) is 0 Å². The van der Waals surface area contributed by atoms with Crippen molar-refractivity contribution in [1.82, 2.24) is 0 Å². The largest absolute Gasteiger partial charge is 0.493 e. The number of rotatable bonds is 5. The smallest absolute Gasteiger partial charge is 0.227 e. The molecule has 1 aliphatic heterocycles. The Bertz CT molecular complexity index is 771. The van der Waals surface area contributed by atoms with Gasteiger partial charge in [-0.1, -0.05) is 17.7 Å². The number of aryl methyl sites for hydroxylation is 2. The summed E-state index contributed by atoms with van der Waals surface area (Å²) < 4.78 is 16.6. The zero-order valence-electron chi connectivity index (χ0n) is 14.2. The molecule has 0 bridgehead atoms. The monoisotopic (exact) mass is 361 g/mol. The summed E-state index contributed by atoms with van der Waals surface area (Å²) in [6, 6.07) is 9.30. The number of hydrogen-bond donors (Lipinski definition) is 1. The lowest BCUT2D eigenvalue weighted by molar-refractivity contribution is -0.116. The van der Waals surface area contributed by atoms with Crippen molar-refractivity contribution in [1.29, 1.82) is 0 Å². The number of nitrogens with one attached hydrogen (secondary N) is 1. The fourth-order valence-electron chi connectivity index (χ4n) is 2.65. The molecule has 132 valence electrons. The first-order chi connectivity index (χ1) is 12.0. The van der Waals surface area contributed by atoms with Gasteiger partial charge >= 0.3 is 0 Å². The highest BCUT2D eigenvalue weighted by Crippen LogP contribution is 2.37. The molecule has 2 aromatic carbocycles. The zero-order chi connectivity index (χ0) is 17.8. The summed E-state index contributed by atoms with van der Waals surface area (Å²) in [6.45, 7) is 5.28. The molecule has 5 nitrogen and oxygen atoms in total. The average Bonchev–Trinajstić information content (AvgIpc) is 2.54. The SMILES string of the molecule is Cc1cc(C)cc(OCCC(=O)Nc2cc3c(cc2Cl)OCCO3)c1. The van der Waals surface area contributed by atoms with Crippen molar-refractivity contribution in [2.75, 3.05) is 25.1 Å². The second-order valence-electron chi connectivity index (χ2n) is 5.95. The van der Waals surface area contributed by atoms with Gasteiger partial charge in [-0.2, -0.15) is 0 Å². The molecule has 6 heteroatoms. The number of halogens is 1. The molecule has 1 amide bonds. The van der Waals surface area contributed by atoms with Crippen LogP contribution < -0.4 is 19.5 Å². The maximum absolute atomic E-state index is 12.1. The van der Waals surface area contributed by atoms with Gasteiger partial charge in [-0.05, 0) is 37.1 Å². The van der Waals surface area contributed by atoms with Gasteiger partial charge in [-0.3, -0.25) is 4.79 Å². The molecule has 0 atom stereocenters. The van der Waals surface area contributed by atoms with Gasteiger partial charge in [0.1, 0.15) is 19.0 Å². The van der Waals surface area contributed by atoms with E-state index in [2.05, 4.69) is 11.4 Å². The van der Waals surface area contributed by atoms with Gasteiger partial charge in [0.05, 0.1) is 23.7 Å². The van der Waals surface area contributed by atoms with Crippen molar-refractivity contribution < 1.29 is 19.0 Å². The Morgan fingerprint density at radius 3 is 2.40 bits per heavy atom. The van der Waals surface area contributed by atoms with E-state index in [1.165, 1.54) is 0 Å². The minimum atomic E-state index is -0.178. The van der Waals surface area contributed by atoms with Crippen molar-refractivity contribution in [2.45, 2.75) is 20.3 Å². The van der Waals surface area contributed by atoms with Gasteiger partial charge in [-0.25, -0.2) is 0 Å². The number of carbonyl (C=O) groups is 1. The lowest BCUT2D eigenvalue weighted by atomic mass is 10.1. The van der Waals surface area contributed by atoms with E-state index >= 15 is 0 Å². The van der Waals surface area contributed by atoms with Crippen LogP contribution in [0.1, 0.15) is 17.5 Å². The fraction of sp³-hybridized carbons (Fsp3) is 0.316. The van der Waals surface area contributed by atoms with Crippen molar-refractivity contribution in [3.05, 3.63) is 46.5 Å². The standard InChI is InChI=1S/C19H20ClNO4/c1-12-7-13(2)9-14(8-12)23-4-3-19(22)21-16-11-18-17(10-15(16)20)24-5-6-25-18/h7-11H,3-6H2,1-2H3,(H,21,22). The maximum atomic E-state index is 12.1. The topological polar surface area (TPSA) is 56.8 Å². The molecular weight excluding hydrogens is 342 g/mol. The first-order valence-corrected chi connectivity index (χ1v) is 8.49. The summed E-state index contributed by atoms with van der Waals surface area (Å²) in [5.74, 6) is 1.76. The van der Waals surface area contributed by atoms with Gasteiger partial charge in [0.15, 0.2) is 11.5 Å². The van der Waals surface area contributed by atoms with Crippen LogP contribution in [0.15, 0.2) is 30.3 Å². The molecule has 0 spiro atoms. The Morgan fingerprint density at radius 1 is 1.08 bits per heavy atom. The summed E-state index contributed by atoms with van der Waals surface area (Å²) >= 11 is 6.19. The van der Waals surface area contributed by atoms with E-state index in [1.807, 2.05) is 26.0 Å². The minimum absolute atomic E-state index is 0.178. The Hall–Kier alpha value is -2.40. The van der Waals surface area contributed by atoms with Crippen molar-refractivity contribution in [2.24, 2.45) is 0 Å². The highest BCUT2D eigenvalue weighted by atomic mass is 35.5. The number of benzene rings is 2.